The molecular formula is C11H22N2O. The Balaban J connectivity index is 2.19. The van der Waals surface area contributed by atoms with Gasteiger partial charge in [-0.1, -0.05) is 13.8 Å². The number of Topliss-reactive ketones (excluding diaryl/α,β-unsaturated/α-hetero) is 1. The minimum Gasteiger partial charge on any atom is -0.303 e. The van der Waals surface area contributed by atoms with Crippen molar-refractivity contribution < 1.29 is 4.79 Å². The molecule has 14 heavy (non-hydrogen) atoms. The van der Waals surface area contributed by atoms with E-state index in [1.807, 2.05) is 0 Å². The third-order valence-electron chi connectivity index (χ3n) is 2.96. The van der Waals surface area contributed by atoms with Crippen molar-refractivity contribution in [1.29, 1.82) is 0 Å². The van der Waals surface area contributed by atoms with E-state index in [0.717, 1.165) is 45.6 Å². The van der Waals surface area contributed by atoms with Crippen molar-refractivity contribution in [3.8, 4) is 0 Å². The molecule has 1 saturated heterocycles. The molecule has 1 aliphatic rings. The minimum atomic E-state index is 0.413. The van der Waals surface area contributed by atoms with Gasteiger partial charge in [0.1, 0.15) is 5.78 Å². The van der Waals surface area contributed by atoms with E-state index in [-0.39, 0.29) is 0 Å². The summed E-state index contributed by atoms with van der Waals surface area (Å²) in [6.45, 7) is 10.5. The van der Waals surface area contributed by atoms with Gasteiger partial charge in [0.05, 0.1) is 6.54 Å². The number of carbonyl (C=O) groups is 1. The summed E-state index contributed by atoms with van der Waals surface area (Å²) in [5.41, 5.74) is 0. The van der Waals surface area contributed by atoms with Crippen molar-refractivity contribution in [3.05, 3.63) is 0 Å². The number of ketones is 1. The molecule has 3 heteroatoms. The van der Waals surface area contributed by atoms with E-state index in [2.05, 4.69) is 23.6 Å². The molecular weight excluding hydrogens is 176 g/mol. The first-order valence-electron chi connectivity index (χ1n) is 5.72. The van der Waals surface area contributed by atoms with Gasteiger partial charge in [-0.3, -0.25) is 9.69 Å². The molecule has 0 aromatic rings. The molecule has 3 nitrogen and oxygen atoms in total. The Morgan fingerprint density at radius 1 is 1.36 bits per heavy atom. The highest BCUT2D eigenvalue weighted by Gasteiger charge is 2.16. The van der Waals surface area contributed by atoms with Crippen molar-refractivity contribution in [1.82, 2.24) is 9.80 Å². The van der Waals surface area contributed by atoms with E-state index >= 15 is 0 Å². The number of rotatable bonds is 5. The fourth-order valence-corrected chi connectivity index (χ4v) is 1.92. The normalized spacial score (nSPS) is 19.2. The van der Waals surface area contributed by atoms with Gasteiger partial charge in [0, 0.05) is 19.5 Å². The largest absolute Gasteiger partial charge is 0.303 e. The first kappa shape index (κ1) is 11.7. The summed E-state index contributed by atoms with van der Waals surface area (Å²) < 4.78 is 0. The number of carbonyl (C=O) groups excluding carboxylic acids is 1. The van der Waals surface area contributed by atoms with Crippen molar-refractivity contribution in [2.45, 2.75) is 26.7 Å². The predicted octanol–water partition coefficient (Wildman–Crippen LogP) is 0.993. The lowest BCUT2D eigenvalue weighted by atomic mass is 10.1. The molecule has 1 rings (SSSR count). The molecule has 0 amide bonds. The van der Waals surface area contributed by atoms with Gasteiger partial charge in [0.15, 0.2) is 0 Å². The van der Waals surface area contributed by atoms with Crippen molar-refractivity contribution in [2.75, 3.05) is 39.3 Å². The number of likely N-dealkylation sites (N-methyl/N-ethyl adjacent to an activating group) is 1. The third kappa shape index (κ3) is 3.76. The lowest BCUT2D eigenvalue weighted by Crippen LogP contribution is -2.40. The molecule has 0 saturated carbocycles. The van der Waals surface area contributed by atoms with Gasteiger partial charge in [-0.05, 0) is 26.1 Å². The number of hydrogen-bond acceptors (Lipinski definition) is 3. The molecule has 82 valence electrons. The summed E-state index contributed by atoms with van der Waals surface area (Å²) in [6.07, 6.45) is 1.85. The van der Waals surface area contributed by atoms with Crippen LogP contribution in [0.3, 0.4) is 0 Å². The van der Waals surface area contributed by atoms with Crippen LogP contribution in [0.4, 0.5) is 0 Å². The zero-order chi connectivity index (χ0) is 10.4. The predicted molar refractivity (Wildman–Crippen MR) is 58.5 cm³/mol. The fraction of sp³-hybridized carbons (Fsp3) is 0.909. The van der Waals surface area contributed by atoms with Gasteiger partial charge in [-0.25, -0.2) is 0 Å². The average Bonchev–Trinajstić information content (AvgIpc) is 2.19. The van der Waals surface area contributed by atoms with E-state index in [1.165, 1.54) is 0 Å². The first-order valence-corrected chi connectivity index (χ1v) is 5.72. The number of nitrogens with zero attached hydrogens (tertiary/aromatic N) is 2. The van der Waals surface area contributed by atoms with E-state index < -0.39 is 0 Å². The molecule has 0 spiro atoms. The van der Waals surface area contributed by atoms with Crippen LogP contribution in [-0.2, 0) is 4.79 Å². The Labute approximate surface area is 87.1 Å². The van der Waals surface area contributed by atoms with Crippen LogP contribution < -0.4 is 0 Å². The van der Waals surface area contributed by atoms with Crippen LogP contribution in [0.1, 0.15) is 26.7 Å². The Bertz CT molecular complexity index is 178. The van der Waals surface area contributed by atoms with Crippen LogP contribution in [0.2, 0.25) is 0 Å². The quantitative estimate of drug-likeness (QED) is 0.658. The Kier molecular flexibility index (Phi) is 5.12. The highest BCUT2D eigenvalue weighted by molar-refractivity contribution is 5.81. The topological polar surface area (TPSA) is 23.6 Å². The molecule has 0 aliphatic carbocycles. The molecule has 0 unspecified atom stereocenters. The van der Waals surface area contributed by atoms with E-state index in [0.29, 0.717) is 12.3 Å². The van der Waals surface area contributed by atoms with Crippen molar-refractivity contribution in [3.63, 3.8) is 0 Å². The molecule has 0 atom stereocenters. The fourth-order valence-electron chi connectivity index (χ4n) is 1.92. The second-order valence-electron chi connectivity index (χ2n) is 3.95. The second-order valence-corrected chi connectivity index (χ2v) is 3.95. The number of piperidine rings is 1. The maximum absolute atomic E-state index is 11.2. The van der Waals surface area contributed by atoms with Gasteiger partial charge in [0.25, 0.3) is 0 Å². The van der Waals surface area contributed by atoms with Gasteiger partial charge < -0.3 is 4.90 Å². The first-order chi connectivity index (χ1) is 6.76. The second kappa shape index (κ2) is 6.14. The summed E-state index contributed by atoms with van der Waals surface area (Å²) in [5.74, 6) is 0.413. The Morgan fingerprint density at radius 3 is 2.64 bits per heavy atom. The van der Waals surface area contributed by atoms with Crippen molar-refractivity contribution >= 4 is 5.78 Å². The monoisotopic (exact) mass is 198 g/mol. The summed E-state index contributed by atoms with van der Waals surface area (Å²) in [6, 6.07) is 0. The van der Waals surface area contributed by atoms with E-state index in [1.54, 1.807) is 0 Å². The van der Waals surface area contributed by atoms with Gasteiger partial charge in [-0.2, -0.15) is 0 Å². The zero-order valence-corrected chi connectivity index (χ0v) is 9.46. The average molecular weight is 198 g/mol. The summed E-state index contributed by atoms with van der Waals surface area (Å²) >= 11 is 0. The Morgan fingerprint density at radius 2 is 2.07 bits per heavy atom. The van der Waals surface area contributed by atoms with E-state index in [9.17, 15) is 4.79 Å². The molecule has 0 N–H and O–H groups in total. The lowest BCUT2D eigenvalue weighted by molar-refractivity contribution is -0.122. The molecule has 1 fully saturated rings. The molecule has 0 radical (unpaired) electrons. The SMILES string of the molecule is CCN(CC)CCN1CCCC(=O)C1. The molecule has 1 aliphatic heterocycles. The number of likely N-dealkylation sites (tertiary alicyclic amines) is 1. The Hall–Kier alpha value is -0.410. The maximum Gasteiger partial charge on any atom is 0.146 e. The minimum absolute atomic E-state index is 0.413. The van der Waals surface area contributed by atoms with Crippen LogP contribution in [0.25, 0.3) is 0 Å². The van der Waals surface area contributed by atoms with Gasteiger partial charge >= 0.3 is 0 Å². The van der Waals surface area contributed by atoms with Crippen LogP contribution >= 0.6 is 0 Å². The maximum atomic E-state index is 11.2. The zero-order valence-electron chi connectivity index (χ0n) is 9.46. The van der Waals surface area contributed by atoms with Gasteiger partial charge in [0.2, 0.25) is 0 Å². The smallest absolute Gasteiger partial charge is 0.146 e. The van der Waals surface area contributed by atoms with Crippen LogP contribution in [-0.4, -0.2) is 54.9 Å². The summed E-state index contributed by atoms with van der Waals surface area (Å²) in [4.78, 5) is 15.9. The van der Waals surface area contributed by atoms with E-state index in [4.69, 9.17) is 0 Å². The van der Waals surface area contributed by atoms with Gasteiger partial charge in [-0.15, -0.1) is 0 Å². The molecule has 0 aromatic heterocycles. The molecule has 0 bridgehead atoms. The highest BCUT2D eigenvalue weighted by atomic mass is 16.1. The highest BCUT2D eigenvalue weighted by Crippen LogP contribution is 2.05. The third-order valence-corrected chi connectivity index (χ3v) is 2.96. The van der Waals surface area contributed by atoms with Crippen molar-refractivity contribution in [2.24, 2.45) is 0 Å². The van der Waals surface area contributed by atoms with Crippen LogP contribution in [0.15, 0.2) is 0 Å². The molecule has 0 aromatic carbocycles. The standard InChI is InChI=1S/C11H22N2O/c1-3-12(4-2)8-9-13-7-5-6-11(14)10-13/h3-10H2,1-2H3. The molecule has 1 heterocycles. The van der Waals surface area contributed by atoms with Crippen LogP contribution in [0, 0.1) is 0 Å². The summed E-state index contributed by atoms with van der Waals surface area (Å²) in [7, 11) is 0. The number of hydrogen-bond donors (Lipinski definition) is 0. The lowest BCUT2D eigenvalue weighted by Gasteiger charge is -2.28. The summed E-state index contributed by atoms with van der Waals surface area (Å²) in [5, 5.41) is 0. The van der Waals surface area contributed by atoms with Crippen LogP contribution in [0.5, 0.6) is 0 Å².